The van der Waals surface area contributed by atoms with Gasteiger partial charge in [-0.15, -0.1) is 0 Å². The van der Waals surface area contributed by atoms with Gasteiger partial charge in [0.2, 0.25) is 0 Å². The summed E-state index contributed by atoms with van der Waals surface area (Å²) < 4.78 is 11.4. The van der Waals surface area contributed by atoms with E-state index in [1.807, 2.05) is 0 Å². The number of epoxide rings is 1. The van der Waals surface area contributed by atoms with E-state index in [9.17, 15) is 4.79 Å². The van der Waals surface area contributed by atoms with Gasteiger partial charge in [0, 0.05) is 11.5 Å². The van der Waals surface area contributed by atoms with Crippen molar-refractivity contribution in [3.8, 4) is 0 Å². The Morgan fingerprint density at radius 3 is 2.81 bits per heavy atom. The lowest BCUT2D eigenvalue weighted by Gasteiger charge is -2.24. The Balaban J connectivity index is 1.81. The SMILES string of the molecule is C=C1CCC2C(=C)C(=O)OC2C2OC2(C)CCC1OOC. The van der Waals surface area contributed by atoms with Gasteiger partial charge >= 0.3 is 5.97 Å². The molecule has 3 fully saturated rings. The highest BCUT2D eigenvalue weighted by atomic mass is 17.2. The maximum Gasteiger partial charge on any atom is 0.334 e. The van der Waals surface area contributed by atoms with Crippen molar-refractivity contribution in [2.75, 3.05) is 7.11 Å². The minimum absolute atomic E-state index is 0.00219. The normalized spacial score (nSPS) is 43.0. The van der Waals surface area contributed by atoms with E-state index in [4.69, 9.17) is 19.2 Å². The lowest BCUT2D eigenvalue weighted by Crippen LogP contribution is -2.31. The topological polar surface area (TPSA) is 57.3 Å². The van der Waals surface area contributed by atoms with Gasteiger partial charge in [-0.1, -0.05) is 13.2 Å². The van der Waals surface area contributed by atoms with E-state index in [0.717, 1.165) is 31.3 Å². The van der Waals surface area contributed by atoms with E-state index < -0.39 is 0 Å². The van der Waals surface area contributed by atoms with Crippen LogP contribution in [-0.4, -0.2) is 37.0 Å². The van der Waals surface area contributed by atoms with Crippen LogP contribution in [0.4, 0.5) is 0 Å². The van der Waals surface area contributed by atoms with E-state index >= 15 is 0 Å². The van der Waals surface area contributed by atoms with Crippen molar-refractivity contribution in [3.05, 3.63) is 24.3 Å². The minimum atomic E-state index is -0.294. The number of fused-ring (bicyclic) bond motifs is 3. The van der Waals surface area contributed by atoms with Gasteiger partial charge < -0.3 is 9.47 Å². The maximum atomic E-state index is 11.8. The molecule has 1 aliphatic carbocycles. The molecule has 5 atom stereocenters. The number of esters is 1. The molecule has 2 aliphatic heterocycles. The average molecular weight is 294 g/mol. The summed E-state index contributed by atoms with van der Waals surface area (Å²) in [5, 5.41) is 0. The van der Waals surface area contributed by atoms with Crippen LogP contribution in [0, 0.1) is 5.92 Å². The summed E-state index contributed by atoms with van der Waals surface area (Å²) in [6.07, 6.45) is 2.74. The molecule has 0 radical (unpaired) electrons. The third-order valence-electron chi connectivity index (χ3n) is 4.94. The van der Waals surface area contributed by atoms with Crippen LogP contribution in [-0.2, 0) is 24.0 Å². The molecule has 1 saturated carbocycles. The summed E-state index contributed by atoms with van der Waals surface area (Å²) in [7, 11) is 1.51. The van der Waals surface area contributed by atoms with Crippen molar-refractivity contribution < 1.29 is 24.0 Å². The van der Waals surface area contributed by atoms with Crippen LogP contribution in [0.2, 0.25) is 0 Å². The largest absolute Gasteiger partial charge is 0.455 e. The van der Waals surface area contributed by atoms with Crippen molar-refractivity contribution in [2.45, 2.75) is 56.5 Å². The third-order valence-corrected chi connectivity index (χ3v) is 4.94. The first-order chi connectivity index (χ1) is 9.96. The van der Waals surface area contributed by atoms with E-state index in [-0.39, 0.29) is 35.8 Å². The molecular formula is C16H22O5. The summed E-state index contributed by atoms with van der Waals surface area (Å²) in [6, 6.07) is 0. The van der Waals surface area contributed by atoms with Gasteiger partial charge in [0.1, 0.15) is 18.3 Å². The fourth-order valence-electron chi connectivity index (χ4n) is 3.47. The van der Waals surface area contributed by atoms with Crippen molar-refractivity contribution in [3.63, 3.8) is 0 Å². The second-order valence-corrected chi connectivity index (χ2v) is 6.34. The molecule has 0 aromatic rings. The number of ether oxygens (including phenoxy) is 2. The second-order valence-electron chi connectivity index (χ2n) is 6.34. The predicted molar refractivity (Wildman–Crippen MR) is 75.3 cm³/mol. The molecule has 5 unspecified atom stereocenters. The molecule has 3 rings (SSSR count). The van der Waals surface area contributed by atoms with Crippen LogP contribution >= 0.6 is 0 Å². The molecule has 0 bridgehead atoms. The highest BCUT2D eigenvalue weighted by molar-refractivity contribution is 5.91. The van der Waals surface area contributed by atoms with Crippen LogP contribution in [0.25, 0.3) is 0 Å². The standard InChI is InChI=1S/C16H22O5/c1-9-5-6-11-10(2)15(17)19-13(11)14-16(3,20-14)8-7-12(9)21-18-4/h11-14H,1-2,5-8H2,3-4H3. The lowest BCUT2D eigenvalue weighted by molar-refractivity contribution is -0.297. The first-order valence-corrected chi connectivity index (χ1v) is 7.41. The van der Waals surface area contributed by atoms with Crippen LogP contribution in [0.3, 0.4) is 0 Å². The van der Waals surface area contributed by atoms with Gasteiger partial charge in [-0.05, 0) is 38.2 Å². The lowest BCUT2D eigenvalue weighted by atomic mass is 9.82. The second kappa shape index (κ2) is 5.23. The fraction of sp³-hybridized carbons (Fsp3) is 0.688. The Kier molecular flexibility index (Phi) is 3.67. The van der Waals surface area contributed by atoms with Crippen LogP contribution in [0.5, 0.6) is 0 Å². The van der Waals surface area contributed by atoms with Crippen LogP contribution in [0.15, 0.2) is 24.3 Å². The van der Waals surface area contributed by atoms with E-state index in [1.54, 1.807) is 0 Å². The van der Waals surface area contributed by atoms with Gasteiger partial charge in [-0.2, -0.15) is 0 Å². The van der Waals surface area contributed by atoms with E-state index in [0.29, 0.717) is 5.57 Å². The van der Waals surface area contributed by atoms with Crippen LogP contribution in [0.1, 0.15) is 32.6 Å². The van der Waals surface area contributed by atoms with Crippen molar-refractivity contribution in [1.29, 1.82) is 0 Å². The van der Waals surface area contributed by atoms with Gasteiger partial charge in [0.05, 0.1) is 12.7 Å². The van der Waals surface area contributed by atoms with Crippen molar-refractivity contribution >= 4 is 5.97 Å². The van der Waals surface area contributed by atoms with E-state index in [2.05, 4.69) is 20.1 Å². The van der Waals surface area contributed by atoms with Gasteiger partial charge in [0.25, 0.3) is 0 Å². The number of hydrogen-bond donors (Lipinski definition) is 0. The Morgan fingerprint density at radius 1 is 1.33 bits per heavy atom. The first kappa shape index (κ1) is 14.8. The van der Waals surface area contributed by atoms with E-state index in [1.165, 1.54) is 7.11 Å². The Morgan fingerprint density at radius 2 is 2.10 bits per heavy atom. The summed E-state index contributed by atoms with van der Waals surface area (Å²) in [4.78, 5) is 22.0. The molecule has 0 amide bonds. The van der Waals surface area contributed by atoms with Crippen LogP contribution < -0.4 is 0 Å². The van der Waals surface area contributed by atoms with Gasteiger partial charge in [-0.25, -0.2) is 14.6 Å². The van der Waals surface area contributed by atoms with Gasteiger partial charge in [-0.3, -0.25) is 0 Å². The summed E-state index contributed by atoms with van der Waals surface area (Å²) in [5.74, 6) is -0.292. The first-order valence-electron chi connectivity index (χ1n) is 7.41. The predicted octanol–water partition coefficient (Wildman–Crippen LogP) is 2.32. The zero-order valence-electron chi connectivity index (χ0n) is 12.6. The molecule has 2 saturated heterocycles. The summed E-state index contributed by atoms with van der Waals surface area (Å²) in [5.41, 5.74) is 1.27. The number of rotatable bonds is 2. The van der Waals surface area contributed by atoms with Crippen molar-refractivity contribution in [2.24, 2.45) is 5.92 Å². The molecule has 116 valence electrons. The highest BCUT2D eigenvalue weighted by Gasteiger charge is 2.61. The molecule has 0 spiro atoms. The maximum absolute atomic E-state index is 11.8. The Labute approximate surface area is 124 Å². The van der Waals surface area contributed by atoms with Gasteiger partial charge in [0.15, 0.2) is 0 Å². The minimum Gasteiger partial charge on any atom is -0.455 e. The number of carbonyl (C=O) groups is 1. The molecule has 5 heteroatoms. The highest BCUT2D eigenvalue weighted by Crippen LogP contribution is 2.50. The quantitative estimate of drug-likeness (QED) is 0.195. The number of hydrogen-bond acceptors (Lipinski definition) is 5. The molecule has 3 aliphatic rings. The monoisotopic (exact) mass is 294 g/mol. The zero-order chi connectivity index (χ0) is 15.2. The molecule has 0 N–H and O–H groups in total. The average Bonchev–Trinajstić information content (AvgIpc) is 3.04. The molecule has 21 heavy (non-hydrogen) atoms. The third kappa shape index (κ3) is 2.54. The molecule has 0 aromatic heterocycles. The molecule has 5 nitrogen and oxygen atoms in total. The summed E-state index contributed by atoms with van der Waals surface area (Å²) in [6.45, 7) is 10.0. The molecular weight excluding hydrogens is 272 g/mol. The number of carbonyl (C=O) groups excluding carboxylic acids is 1. The smallest absolute Gasteiger partial charge is 0.334 e. The fourth-order valence-corrected chi connectivity index (χ4v) is 3.47. The Bertz CT molecular complexity index is 485. The molecule has 2 heterocycles. The summed E-state index contributed by atoms with van der Waals surface area (Å²) >= 11 is 0. The molecule has 0 aromatic carbocycles. The zero-order valence-corrected chi connectivity index (χ0v) is 12.6. The van der Waals surface area contributed by atoms with Crippen molar-refractivity contribution in [1.82, 2.24) is 0 Å². The Hall–Kier alpha value is -1.17.